The number of carbonyl (C=O) groups is 1. The monoisotopic (exact) mass is 351 g/mol. The van der Waals surface area contributed by atoms with Crippen LogP contribution in [0.4, 0.5) is 0 Å². The lowest BCUT2D eigenvalue weighted by atomic mass is 9.95. The maximum Gasteiger partial charge on any atom is 0.224 e. The molecule has 0 unspecified atom stereocenters. The number of pyridine rings is 1. The summed E-state index contributed by atoms with van der Waals surface area (Å²) in [7, 11) is 4.20. The van der Waals surface area contributed by atoms with Crippen molar-refractivity contribution in [2.24, 2.45) is 0 Å². The Morgan fingerprint density at radius 2 is 1.71 bits per heavy atom. The standard InChI is InChI=1S/C17H18ClNO5/c1-8-6-11(20)15(22-3)16(23-4)12(8)14(21)13-9(2)10(18)7-19-17(13)24-5/h6-7,20H,1-5H3. The van der Waals surface area contributed by atoms with Crippen LogP contribution in [0.2, 0.25) is 5.02 Å². The van der Waals surface area contributed by atoms with E-state index >= 15 is 0 Å². The number of ether oxygens (including phenoxy) is 3. The minimum Gasteiger partial charge on any atom is -0.504 e. The van der Waals surface area contributed by atoms with Gasteiger partial charge in [-0.3, -0.25) is 4.79 Å². The molecule has 0 radical (unpaired) electrons. The van der Waals surface area contributed by atoms with E-state index < -0.39 is 0 Å². The first-order valence-corrected chi connectivity index (χ1v) is 7.43. The first-order chi connectivity index (χ1) is 11.4. The molecule has 1 heterocycles. The van der Waals surface area contributed by atoms with E-state index in [4.69, 9.17) is 25.8 Å². The Kier molecular flexibility index (Phi) is 5.19. The number of carbonyl (C=O) groups excluding carboxylic acids is 1. The van der Waals surface area contributed by atoms with Crippen LogP contribution in [0.25, 0.3) is 0 Å². The molecular weight excluding hydrogens is 334 g/mol. The summed E-state index contributed by atoms with van der Waals surface area (Å²) in [5.74, 6) is -0.113. The molecule has 0 atom stereocenters. The van der Waals surface area contributed by atoms with Crippen molar-refractivity contribution in [1.82, 2.24) is 4.98 Å². The quantitative estimate of drug-likeness (QED) is 0.833. The summed E-state index contributed by atoms with van der Waals surface area (Å²) in [6, 6.07) is 1.44. The zero-order valence-corrected chi connectivity index (χ0v) is 14.8. The molecule has 24 heavy (non-hydrogen) atoms. The SMILES string of the molecule is COc1ncc(Cl)c(C)c1C(=O)c1c(C)cc(O)c(OC)c1OC. The van der Waals surface area contributed by atoms with E-state index in [-0.39, 0.29) is 40.0 Å². The molecule has 2 rings (SSSR count). The lowest BCUT2D eigenvalue weighted by Gasteiger charge is -2.17. The molecule has 6 nitrogen and oxygen atoms in total. The van der Waals surface area contributed by atoms with Crippen LogP contribution in [-0.2, 0) is 0 Å². The number of ketones is 1. The number of rotatable bonds is 5. The molecule has 0 spiro atoms. The van der Waals surface area contributed by atoms with E-state index in [0.29, 0.717) is 16.1 Å². The second kappa shape index (κ2) is 6.97. The van der Waals surface area contributed by atoms with Crippen LogP contribution >= 0.6 is 11.6 Å². The summed E-state index contributed by atoms with van der Waals surface area (Å²) in [4.78, 5) is 17.2. The summed E-state index contributed by atoms with van der Waals surface area (Å²) in [5.41, 5.74) is 1.55. The highest BCUT2D eigenvalue weighted by molar-refractivity contribution is 6.32. The van der Waals surface area contributed by atoms with E-state index in [1.165, 1.54) is 33.6 Å². The van der Waals surface area contributed by atoms with Crippen LogP contribution in [0.5, 0.6) is 23.1 Å². The summed E-state index contributed by atoms with van der Waals surface area (Å²) in [6.07, 6.45) is 1.42. The van der Waals surface area contributed by atoms with Gasteiger partial charge in [0.25, 0.3) is 0 Å². The zero-order valence-electron chi connectivity index (χ0n) is 14.1. The van der Waals surface area contributed by atoms with Gasteiger partial charge < -0.3 is 19.3 Å². The maximum absolute atomic E-state index is 13.2. The molecule has 1 aromatic heterocycles. The van der Waals surface area contributed by atoms with Gasteiger partial charge in [-0.15, -0.1) is 0 Å². The molecule has 0 saturated carbocycles. The molecule has 0 aliphatic rings. The van der Waals surface area contributed by atoms with Gasteiger partial charge in [0.05, 0.1) is 37.5 Å². The number of hydrogen-bond donors (Lipinski definition) is 1. The zero-order chi connectivity index (χ0) is 18.0. The second-order valence-electron chi connectivity index (χ2n) is 5.10. The number of aromatic hydroxyl groups is 1. The smallest absolute Gasteiger partial charge is 0.224 e. The fraction of sp³-hybridized carbons (Fsp3) is 0.294. The van der Waals surface area contributed by atoms with Gasteiger partial charge in [-0.25, -0.2) is 4.98 Å². The number of hydrogen-bond acceptors (Lipinski definition) is 6. The van der Waals surface area contributed by atoms with E-state index in [1.54, 1.807) is 13.8 Å². The molecule has 1 N–H and O–H groups in total. The van der Waals surface area contributed by atoms with E-state index in [0.717, 1.165) is 0 Å². The van der Waals surface area contributed by atoms with Crippen molar-refractivity contribution < 1.29 is 24.1 Å². The first-order valence-electron chi connectivity index (χ1n) is 7.05. The highest BCUT2D eigenvalue weighted by Gasteiger charge is 2.28. The minimum atomic E-state index is -0.382. The third-order valence-electron chi connectivity index (χ3n) is 3.71. The minimum absolute atomic E-state index is 0.0815. The maximum atomic E-state index is 13.2. The Morgan fingerprint density at radius 1 is 1.08 bits per heavy atom. The molecule has 0 aliphatic heterocycles. The number of aryl methyl sites for hydroxylation is 1. The van der Waals surface area contributed by atoms with Crippen molar-refractivity contribution in [3.63, 3.8) is 0 Å². The number of methoxy groups -OCH3 is 3. The molecule has 0 aliphatic carbocycles. The number of nitrogens with zero attached hydrogens (tertiary/aromatic N) is 1. The van der Waals surface area contributed by atoms with Gasteiger partial charge >= 0.3 is 0 Å². The first kappa shape index (κ1) is 17.9. The fourth-order valence-electron chi connectivity index (χ4n) is 2.53. The van der Waals surface area contributed by atoms with Crippen molar-refractivity contribution in [2.45, 2.75) is 13.8 Å². The van der Waals surface area contributed by atoms with Gasteiger partial charge in [0.2, 0.25) is 17.4 Å². The molecule has 0 bridgehead atoms. The van der Waals surface area contributed by atoms with Crippen molar-refractivity contribution in [3.8, 4) is 23.1 Å². The normalized spacial score (nSPS) is 10.4. The Labute approximate surface area is 144 Å². The Morgan fingerprint density at radius 3 is 2.25 bits per heavy atom. The van der Waals surface area contributed by atoms with Crippen LogP contribution in [0.1, 0.15) is 27.0 Å². The average molecular weight is 352 g/mol. The van der Waals surface area contributed by atoms with E-state index in [9.17, 15) is 9.90 Å². The Hall–Kier alpha value is -2.47. The lowest BCUT2D eigenvalue weighted by molar-refractivity contribution is 0.103. The van der Waals surface area contributed by atoms with Crippen molar-refractivity contribution in [3.05, 3.63) is 39.5 Å². The molecular formula is C17H18ClNO5. The summed E-state index contributed by atoms with van der Waals surface area (Å²) < 4.78 is 15.7. The second-order valence-corrected chi connectivity index (χ2v) is 5.51. The number of phenols is 1. The van der Waals surface area contributed by atoms with Crippen LogP contribution in [0.3, 0.4) is 0 Å². The van der Waals surface area contributed by atoms with Crippen LogP contribution in [0, 0.1) is 13.8 Å². The summed E-state index contributed by atoms with van der Waals surface area (Å²) in [5, 5.41) is 10.4. The third kappa shape index (κ3) is 2.85. The number of aromatic nitrogens is 1. The molecule has 2 aromatic rings. The van der Waals surface area contributed by atoms with Crippen molar-refractivity contribution >= 4 is 17.4 Å². The molecule has 0 saturated heterocycles. The third-order valence-corrected chi connectivity index (χ3v) is 4.09. The Bertz CT molecular complexity index is 804. The topological polar surface area (TPSA) is 77.9 Å². The summed E-state index contributed by atoms with van der Waals surface area (Å²) in [6.45, 7) is 3.40. The average Bonchev–Trinajstić information content (AvgIpc) is 2.55. The summed E-state index contributed by atoms with van der Waals surface area (Å²) >= 11 is 6.11. The van der Waals surface area contributed by atoms with Crippen molar-refractivity contribution in [1.29, 1.82) is 0 Å². The van der Waals surface area contributed by atoms with Crippen LogP contribution in [0.15, 0.2) is 12.3 Å². The predicted octanol–water partition coefficient (Wildman–Crippen LogP) is 3.31. The molecule has 7 heteroatoms. The molecule has 1 aromatic carbocycles. The fourth-order valence-corrected chi connectivity index (χ4v) is 2.67. The largest absolute Gasteiger partial charge is 0.504 e. The van der Waals surface area contributed by atoms with Gasteiger partial charge in [-0.05, 0) is 31.0 Å². The number of benzene rings is 1. The van der Waals surface area contributed by atoms with Gasteiger partial charge in [-0.2, -0.15) is 0 Å². The van der Waals surface area contributed by atoms with E-state index in [1.807, 2.05) is 0 Å². The molecule has 128 valence electrons. The van der Waals surface area contributed by atoms with Gasteiger partial charge in [0.15, 0.2) is 11.5 Å². The number of halogens is 1. The Balaban J connectivity index is 2.79. The predicted molar refractivity (Wildman–Crippen MR) is 89.9 cm³/mol. The van der Waals surface area contributed by atoms with Crippen LogP contribution < -0.4 is 14.2 Å². The highest BCUT2D eigenvalue weighted by atomic mass is 35.5. The van der Waals surface area contributed by atoms with Gasteiger partial charge in [0.1, 0.15) is 0 Å². The molecule has 0 fully saturated rings. The van der Waals surface area contributed by atoms with E-state index in [2.05, 4.69) is 4.98 Å². The van der Waals surface area contributed by atoms with Crippen molar-refractivity contribution in [2.75, 3.05) is 21.3 Å². The highest BCUT2D eigenvalue weighted by Crippen LogP contribution is 2.43. The molecule has 0 amide bonds. The van der Waals surface area contributed by atoms with Gasteiger partial charge in [-0.1, -0.05) is 11.6 Å². The van der Waals surface area contributed by atoms with Gasteiger partial charge in [0, 0.05) is 6.20 Å². The lowest BCUT2D eigenvalue weighted by Crippen LogP contribution is -2.12. The number of phenolic OH excluding ortho intramolecular Hbond substituents is 1. The van der Waals surface area contributed by atoms with Crippen LogP contribution in [-0.4, -0.2) is 37.2 Å².